The van der Waals surface area contributed by atoms with E-state index < -0.39 is 0 Å². The smallest absolute Gasteiger partial charge is 0.0413 e. The number of halogens is 1. The minimum absolute atomic E-state index is 0.828. The molecule has 2 N–H and O–H groups in total. The fourth-order valence-electron chi connectivity index (χ4n) is 1.65. The zero-order valence-corrected chi connectivity index (χ0v) is 11.1. The van der Waals surface area contributed by atoms with E-state index in [9.17, 15) is 0 Å². The molecule has 0 aliphatic carbocycles. The van der Waals surface area contributed by atoms with Crippen molar-refractivity contribution in [2.24, 2.45) is 0 Å². The first-order chi connectivity index (χ1) is 7.08. The molecule has 0 radical (unpaired) electrons. The SMILES string of the molecule is Cc1cc(C)c(-c2ccc(Br)cc2N)s1. The topological polar surface area (TPSA) is 26.0 Å². The molecule has 0 saturated carbocycles. The minimum Gasteiger partial charge on any atom is -0.398 e. The number of nitrogens with two attached hydrogens (primary N) is 1. The molecule has 1 nitrogen and oxygen atoms in total. The van der Waals surface area contributed by atoms with E-state index in [1.165, 1.54) is 15.3 Å². The first-order valence-corrected chi connectivity index (χ1v) is 6.31. The van der Waals surface area contributed by atoms with Gasteiger partial charge in [-0.2, -0.15) is 0 Å². The Hall–Kier alpha value is -0.800. The van der Waals surface area contributed by atoms with Crippen LogP contribution in [0.1, 0.15) is 10.4 Å². The Bertz CT molecular complexity index is 502. The molecule has 0 saturated heterocycles. The molecule has 0 amide bonds. The van der Waals surface area contributed by atoms with Crippen molar-refractivity contribution < 1.29 is 0 Å². The zero-order chi connectivity index (χ0) is 11.0. The Morgan fingerprint density at radius 2 is 1.93 bits per heavy atom. The van der Waals surface area contributed by atoms with Crippen molar-refractivity contribution in [1.82, 2.24) is 0 Å². The summed E-state index contributed by atoms with van der Waals surface area (Å²) >= 11 is 5.21. The van der Waals surface area contributed by atoms with Gasteiger partial charge in [0.25, 0.3) is 0 Å². The standard InChI is InChI=1S/C12H12BrNS/c1-7-5-8(2)15-12(7)10-4-3-9(13)6-11(10)14/h3-6H,14H2,1-2H3. The Labute approximate surface area is 102 Å². The van der Waals surface area contributed by atoms with Crippen molar-refractivity contribution in [1.29, 1.82) is 0 Å². The molecule has 1 heterocycles. The van der Waals surface area contributed by atoms with Crippen molar-refractivity contribution in [3.63, 3.8) is 0 Å². The number of aryl methyl sites for hydroxylation is 2. The van der Waals surface area contributed by atoms with Gasteiger partial charge in [0.05, 0.1) is 0 Å². The molecular formula is C12H12BrNS. The monoisotopic (exact) mass is 281 g/mol. The lowest BCUT2D eigenvalue weighted by Gasteiger charge is -2.04. The van der Waals surface area contributed by atoms with Gasteiger partial charge in [0.2, 0.25) is 0 Å². The van der Waals surface area contributed by atoms with Crippen molar-refractivity contribution in [3.05, 3.63) is 39.2 Å². The Morgan fingerprint density at radius 3 is 2.47 bits per heavy atom. The Kier molecular flexibility index (Phi) is 2.85. The molecule has 78 valence electrons. The van der Waals surface area contributed by atoms with Crippen LogP contribution in [0, 0.1) is 13.8 Å². The van der Waals surface area contributed by atoms with E-state index in [1.54, 1.807) is 11.3 Å². The van der Waals surface area contributed by atoms with E-state index in [0.29, 0.717) is 0 Å². The zero-order valence-electron chi connectivity index (χ0n) is 8.67. The van der Waals surface area contributed by atoms with Gasteiger partial charge in [-0.25, -0.2) is 0 Å². The van der Waals surface area contributed by atoms with Crippen LogP contribution < -0.4 is 5.73 Å². The maximum absolute atomic E-state index is 6.01. The second kappa shape index (κ2) is 3.99. The van der Waals surface area contributed by atoms with Crippen LogP contribution >= 0.6 is 27.3 Å². The summed E-state index contributed by atoms with van der Waals surface area (Å²) in [6, 6.07) is 8.24. The lowest BCUT2D eigenvalue weighted by molar-refractivity contribution is 1.50. The third kappa shape index (κ3) is 2.08. The van der Waals surface area contributed by atoms with Crippen molar-refractivity contribution in [3.8, 4) is 10.4 Å². The van der Waals surface area contributed by atoms with Crippen LogP contribution in [-0.2, 0) is 0 Å². The summed E-state index contributed by atoms with van der Waals surface area (Å²) in [5.41, 5.74) is 9.27. The average Bonchev–Trinajstić information content (AvgIpc) is 2.45. The molecule has 0 aliphatic rings. The van der Waals surface area contributed by atoms with Crippen LogP contribution in [0.15, 0.2) is 28.7 Å². The van der Waals surface area contributed by atoms with Crippen molar-refractivity contribution >= 4 is 33.0 Å². The first-order valence-electron chi connectivity index (χ1n) is 4.70. The van der Waals surface area contributed by atoms with Gasteiger partial charge < -0.3 is 5.73 Å². The molecule has 0 spiro atoms. The number of rotatable bonds is 1. The van der Waals surface area contributed by atoms with E-state index >= 15 is 0 Å². The highest BCUT2D eigenvalue weighted by molar-refractivity contribution is 9.10. The molecule has 0 bridgehead atoms. The van der Waals surface area contributed by atoms with Gasteiger partial charge in [0.1, 0.15) is 0 Å². The van der Waals surface area contributed by atoms with E-state index in [0.717, 1.165) is 15.7 Å². The summed E-state index contributed by atoms with van der Waals surface area (Å²) in [7, 11) is 0. The molecule has 0 aliphatic heterocycles. The van der Waals surface area contributed by atoms with E-state index in [2.05, 4.69) is 41.9 Å². The van der Waals surface area contributed by atoms with Gasteiger partial charge in [0, 0.05) is 25.5 Å². The van der Waals surface area contributed by atoms with Gasteiger partial charge >= 0.3 is 0 Å². The number of hydrogen-bond donors (Lipinski definition) is 1. The predicted molar refractivity (Wildman–Crippen MR) is 71.3 cm³/mol. The van der Waals surface area contributed by atoms with Crippen LogP contribution in [0.2, 0.25) is 0 Å². The van der Waals surface area contributed by atoms with Crippen LogP contribution in [0.5, 0.6) is 0 Å². The maximum Gasteiger partial charge on any atom is 0.0413 e. The summed E-state index contributed by atoms with van der Waals surface area (Å²) in [5, 5.41) is 0. The normalized spacial score (nSPS) is 10.6. The van der Waals surface area contributed by atoms with Crippen LogP contribution in [0.3, 0.4) is 0 Å². The lowest BCUT2D eigenvalue weighted by atomic mass is 10.1. The second-order valence-electron chi connectivity index (χ2n) is 3.60. The average molecular weight is 282 g/mol. The highest BCUT2D eigenvalue weighted by Gasteiger charge is 2.08. The van der Waals surface area contributed by atoms with Gasteiger partial charge in [-0.1, -0.05) is 22.0 Å². The first kappa shape index (κ1) is 10.7. The van der Waals surface area contributed by atoms with Gasteiger partial charge in [-0.3, -0.25) is 0 Å². The number of benzene rings is 1. The molecule has 15 heavy (non-hydrogen) atoms. The molecule has 0 fully saturated rings. The molecule has 0 unspecified atom stereocenters. The van der Waals surface area contributed by atoms with Crippen molar-refractivity contribution in [2.45, 2.75) is 13.8 Å². The molecule has 0 atom stereocenters. The Morgan fingerprint density at radius 1 is 1.20 bits per heavy atom. The third-order valence-electron chi connectivity index (χ3n) is 2.30. The maximum atomic E-state index is 6.01. The fraction of sp³-hybridized carbons (Fsp3) is 0.167. The number of anilines is 1. The largest absolute Gasteiger partial charge is 0.398 e. The quantitative estimate of drug-likeness (QED) is 0.772. The molecule has 1 aromatic heterocycles. The number of hydrogen-bond acceptors (Lipinski definition) is 2. The minimum atomic E-state index is 0.828. The summed E-state index contributed by atoms with van der Waals surface area (Å²) in [5.74, 6) is 0. The van der Waals surface area contributed by atoms with Crippen LogP contribution in [0.25, 0.3) is 10.4 Å². The van der Waals surface area contributed by atoms with Gasteiger partial charge in [-0.15, -0.1) is 11.3 Å². The molecule has 3 heteroatoms. The fourth-order valence-corrected chi connectivity index (χ4v) is 3.10. The Balaban J connectivity index is 2.59. The van der Waals surface area contributed by atoms with Gasteiger partial charge in [0.15, 0.2) is 0 Å². The van der Waals surface area contributed by atoms with E-state index in [-0.39, 0.29) is 0 Å². The third-order valence-corrected chi connectivity index (χ3v) is 3.98. The van der Waals surface area contributed by atoms with E-state index in [1.807, 2.05) is 12.1 Å². The molecule has 1 aromatic carbocycles. The summed E-state index contributed by atoms with van der Waals surface area (Å²) in [6.45, 7) is 4.25. The van der Waals surface area contributed by atoms with Crippen molar-refractivity contribution in [2.75, 3.05) is 5.73 Å². The number of thiophene rings is 1. The molecule has 2 rings (SSSR count). The predicted octanol–water partition coefficient (Wildman–Crippen LogP) is 4.38. The molecular weight excluding hydrogens is 270 g/mol. The lowest BCUT2D eigenvalue weighted by Crippen LogP contribution is -1.89. The highest BCUT2D eigenvalue weighted by atomic mass is 79.9. The second-order valence-corrected chi connectivity index (χ2v) is 5.77. The van der Waals surface area contributed by atoms with Gasteiger partial charge in [-0.05, 0) is 37.6 Å². The highest BCUT2D eigenvalue weighted by Crippen LogP contribution is 2.36. The summed E-state index contributed by atoms with van der Waals surface area (Å²) in [4.78, 5) is 2.60. The summed E-state index contributed by atoms with van der Waals surface area (Å²) < 4.78 is 1.02. The number of nitrogen functional groups attached to an aromatic ring is 1. The van der Waals surface area contributed by atoms with Crippen LogP contribution in [0.4, 0.5) is 5.69 Å². The van der Waals surface area contributed by atoms with E-state index in [4.69, 9.17) is 5.73 Å². The van der Waals surface area contributed by atoms with Crippen LogP contribution in [-0.4, -0.2) is 0 Å². The molecule has 2 aromatic rings. The summed E-state index contributed by atoms with van der Waals surface area (Å²) in [6.07, 6.45) is 0.